The summed E-state index contributed by atoms with van der Waals surface area (Å²) in [6.45, 7) is 0.651. The van der Waals surface area contributed by atoms with Crippen LogP contribution in [0.15, 0.2) is 83.3 Å². The first-order valence-corrected chi connectivity index (χ1v) is 9.37. The molecule has 0 atom stereocenters. The normalized spacial score (nSPS) is 10.8. The second-order valence-electron chi connectivity index (χ2n) is 5.94. The van der Waals surface area contributed by atoms with Gasteiger partial charge in [0.25, 0.3) is 0 Å². The molecule has 0 spiro atoms. The van der Waals surface area contributed by atoms with E-state index in [1.807, 2.05) is 59.3 Å². The Kier molecular flexibility index (Phi) is 4.87. The van der Waals surface area contributed by atoms with E-state index in [1.54, 1.807) is 0 Å². The second kappa shape index (κ2) is 7.44. The van der Waals surface area contributed by atoms with E-state index in [4.69, 9.17) is 11.6 Å². The number of rotatable bonds is 4. The van der Waals surface area contributed by atoms with Crippen LogP contribution >= 0.6 is 27.5 Å². The molecule has 0 bridgehead atoms. The minimum absolute atomic E-state index is 0.651. The lowest BCUT2D eigenvalue weighted by Crippen LogP contribution is -2.04. The fourth-order valence-electron chi connectivity index (χ4n) is 2.87. The summed E-state index contributed by atoms with van der Waals surface area (Å²) < 4.78 is 3.01. The first-order chi connectivity index (χ1) is 12.7. The van der Waals surface area contributed by atoms with Gasteiger partial charge in [-0.1, -0.05) is 87.3 Å². The van der Waals surface area contributed by atoms with Gasteiger partial charge in [0.15, 0.2) is 0 Å². The van der Waals surface area contributed by atoms with Crippen molar-refractivity contribution in [1.82, 2.24) is 15.0 Å². The summed E-state index contributed by atoms with van der Waals surface area (Å²) in [5.41, 5.74) is 5.09. The quantitative estimate of drug-likeness (QED) is 0.398. The molecule has 0 aliphatic heterocycles. The maximum atomic E-state index is 6.04. The van der Waals surface area contributed by atoms with Crippen molar-refractivity contribution >= 4 is 27.5 Å². The molecular weight excluding hydrogens is 410 g/mol. The Morgan fingerprint density at radius 1 is 0.808 bits per heavy atom. The molecule has 3 nitrogen and oxygen atoms in total. The van der Waals surface area contributed by atoms with E-state index in [-0.39, 0.29) is 0 Å². The summed E-state index contributed by atoms with van der Waals surface area (Å²) in [5, 5.41) is 9.60. The lowest BCUT2D eigenvalue weighted by molar-refractivity contribution is 0.655. The van der Waals surface area contributed by atoms with Crippen molar-refractivity contribution in [2.24, 2.45) is 0 Å². The highest BCUT2D eigenvalue weighted by Gasteiger charge is 2.16. The van der Waals surface area contributed by atoms with Crippen molar-refractivity contribution in [2.45, 2.75) is 6.54 Å². The van der Waals surface area contributed by atoms with Gasteiger partial charge in [-0.05, 0) is 29.8 Å². The van der Waals surface area contributed by atoms with Crippen molar-refractivity contribution in [3.8, 4) is 22.5 Å². The molecule has 5 heteroatoms. The predicted molar refractivity (Wildman–Crippen MR) is 109 cm³/mol. The number of benzene rings is 3. The maximum Gasteiger partial charge on any atom is 0.121 e. The third-order valence-electron chi connectivity index (χ3n) is 4.15. The molecular formula is C21H15BrClN3. The Morgan fingerprint density at radius 3 is 2.19 bits per heavy atom. The largest absolute Gasteiger partial charge is 0.240 e. The Balaban J connectivity index is 1.81. The van der Waals surface area contributed by atoms with Crippen LogP contribution in [0.1, 0.15) is 5.56 Å². The van der Waals surface area contributed by atoms with Crippen molar-refractivity contribution < 1.29 is 0 Å². The van der Waals surface area contributed by atoms with Gasteiger partial charge < -0.3 is 0 Å². The van der Waals surface area contributed by atoms with E-state index < -0.39 is 0 Å². The summed E-state index contributed by atoms with van der Waals surface area (Å²) in [7, 11) is 0. The third kappa shape index (κ3) is 3.57. The van der Waals surface area contributed by atoms with Crippen molar-refractivity contribution in [3.63, 3.8) is 0 Å². The molecule has 0 aliphatic rings. The van der Waals surface area contributed by atoms with Gasteiger partial charge in [0.2, 0.25) is 0 Å². The van der Waals surface area contributed by atoms with Gasteiger partial charge in [0.05, 0.1) is 12.2 Å². The zero-order chi connectivity index (χ0) is 17.9. The van der Waals surface area contributed by atoms with Crippen molar-refractivity contribution in [3.05, 3.63) is 93.9 Å². The maximum absolute atomic E-state index is 6.04. The molecule has 0 unspecified atom stereocenters. The van der Waals surface area contributed by atoms with Crippen LogP contribution in [0.5, 0.6) is 0 Å². The smallest absolute Gasteiger partial charge is 0.121 e. The van der Waals surface area contributed by atoms with Gasteiger partial charge in [-0.25, -0.2) is 4.68 Å². The standard InChI is InChI=1S/C21H15BrClN3/c22-18-10-6-15(7-11-18)14-26-21(17-4-2-1-3-5-17)20(24-25-26)16-8-12-19(23)13-9-16/h1-13H,14H2. The molecule has 0 radical (unpaired) electrons. The van der Waals surface area contributed by atoms with Gasteiger partial charge >= 0.3 is 0 Å². The van der Waals surface area contributed by atoms with Crippen LogP contribution in [-0.2, 0) is 6.54 Å². The Labute approximate surface area is 165 Å². The van der Waals surface area contributed by atoms with Crippen LogP contribution in [0.4, 0.5) is 0 Å². The van der Waals surface area contributed by atoms with E-state index >= 15 is 0 Å². The van der Waals surface area contributed by atoms with E-state index in [0.29, 0.717) is 11.6 Å². The fraction of sp³-hybridized carbons (Fsp3) is 0.0476. The third-order valence-corrected chi connectivity index (χ3v) is 4.93. The summed E-state index contributed by atoms with van der Waals surface area (Å²) in [5.74, 6) is 0. The van der Waals surface area contributed by atoms with Crippen LogP contribution in [0, 0.1) is 0 Å². The first-order valence-electron chi connectivity index (χ1n) is 8.20. The SMILES string of the molecule is Clc1ccc(-c2nnn(Cc3ccc(Br)cc3)c2-c2ccccc2)cc1. The number of nitrogens with zero attached hydrogens (tertiary/aromatic N) is 3. The number of hydrogen-bond acceptors (Lipinski definition) is 2. The van der Waals surface area contributed by atoms with Gasteiger partial charge in [0, 0.05) is 20.6 Å². The van der Waals surface area contributed by atoms with E-state index in [1.165, 1.54) is 0 Å². The number of hydrogen-bond donors (Lipinski definition) is 0. The highest BCUT2D eigenvalue weighted by molar-refractivity contribution is 9.10. The molecule has 0 saturated carbocycles. The van der Waals surface area contributed by atoms with E-state index in [0.717, 1.165) is 32.6 Å². The van der Waals surface area contributed by atoms with Crippen LogP contribution < -0.4 is 0 Å². The Hall–Kier alpha value is -2.43. The summed E-state index contributed by atoms with van der Waals surface area (Å²) >= 11 is 9.51. The molecule has 4 aromatic rings. The van der Waals surface area contributed by atoms with Crippen molar-refractivity contribution in [2.75, 3.05) is 0 Å². The monoisotopic (exact) mass is 423 g/mol. The summed E-state index contributed by atoms with van der Waals surface area (Å²) in [6, 6.07) is 26.2. The zero-order valence-corrected chi connectivity index (χ0v) is 16.2. The molecule has 1 aromatic heterocycles. The Bertz CT molecular complexity index is 1010. The van der Waals surface area contributed by atoms with Crippen LogP contribution in [0.3, 0.4) is 0 Å². The van der Waals surface area contributed by atoms with Gasteiger partial charge in [-0.2, -0.15) is 0 Å². The molecule has 0 N–H and O–H groups in total. The molecule has 128 valence electrons. The molecule has 3 aromatic carbocycles. The van der Waals surface area contributed by atoms with Gasteiger partial charge in [-0.15, -0.1) is 5.10 Å². The van der Waals surface area contributed by atoms with E-state index in [9.17, 15) is 0 Å². The highest BCUT2D eigenvalue weighted by atomic mass is 79.9. The lowest BCUT2D eigenvalue weighted by atomic mass is 10.0. The molecule has 1 heterocycles. The minimum atomic E-state index is 0.651. The first kappa shape index (κ1) is 17.0. The fourth-order valence-corrected chi connectivity index (χ4v) is 3.26. The number of halogens is 2. The Morgan fingerprint density at radius 2 is 1.50 bits per heavy atom. The highest BCUT2D eigenvalue weighted by Crippen LogP contribution is 2.31. The predicted octanol–water partition coefficient (Wildman–Crippen LogP) is 6.08. The van der Waals surface area contributed by atoms with E-state index in [2.05, 4.69) is 50.5 Å². The molecule has 0 fully saturated rings. The number of aromatic nitrogens is 3. The average Bonchev–Trinajstić information content (AvgIpc) is 3.08. The molecule has 4 rings (SSSR count). The molecule has 26 heavy (non-hydrogen) atoms. The lowest BCUT2D eigenvalue weighted by Gasteiger charge is -2.09. The topological polar surface area (TPSA) is 30.7 Å². The van der Waals surface area contributed by atoms with Crippen molar-refractivity contribution in [1.29, 1.82) is 0 Å². The zero-order valence-electron chi connectivity index (χ0n) is 13.8. The second-order valence-corrected chi connectivity index (χ2v) is 7.30. The van der Waals surface area contributed by atoms with Crippen LogP contribution in [0.25, 0.3) is 22.5 Å². The average molecular weight is 425 g/mol. The van der Waals surface area contributed by atoms with Gasteiger partial charge in [-0.3, -0.25) is 0 Å². The van der Waals surface area contributed by atoms with Gasteiger partial charge in [0.1, 0.15) is 5.69 Å². The molecule has 0 aliphatic carbocycles. The molecule has 0 amide bonds. The minimum Gasteiger partial charge on any atom is -0.240 e. The summed E-state index contributed by atoms with van der Waals surface area (Å²) in [4.78, 5) is 0. The summed E-state index contributed by atoms with van der Waals surface area (Å²) in [6.07, 6.45) is 0. The van der Waals surface area contributed by atoms with Crippen LogP contribution in [-0.4, -0.2) is 15.0 Å². The molecule has 0 saturated heterocycles. The van der Waals surface area contributed by atoms with Crippen LogP contribution in [0.2, 0.25) is 5.02 Å².